The molecule has 0 fully saturated rings. The lowest BCUT2D eigenvalue weighted by atomic mass is 10.2. The molecule has 112 valence electrons. The zero-order valence-electron chi connectivity index (χ0n) is 12.0. The predicted octanol–water partition coefficient (Wildman–Crippen LogP) is 1.24. The highest BCUT2D eigenvalue weighted by atomic mass is 16.5. The molecular weight excluding hydrogens is 260 g/mol. The summed E-state index contributed by atoms with van der Waals surface area (Å²) in [4.78, 5) is 0. The maximum atomic E-state index is 9.78. The number of hydrogen-bond acceptors (Lipinski definition) is 6. The Morgan fingerprint density at radius 3 is 2.70 bits per heavy atom. The van der Waals surface area contributed by atoms with E-state index in [1.807, 2.05) is 13.8 Å². The van der Waals surface area contributed by atoms with Crippen LogP contribution < -0.4 is 14.8 Å². The van der Waals surface area contributed by atoms with E-state index >= 15 is 0 Å². The molecule has 0 aromatic heterocycles. The van der Waals surface area contributed by atoms with Crippen LogP contribution in [0, 0.1) is 0 Å². The zero-order chi connectivity index (χ0) is 15.0. The van der Waals surface area contributed by atoms with Crippen molar-refractivity contribution in [1.29, 1.82) is 0 Å². The number of nitrogens with zero attached hydrogens (tertiary/aromatic N) is 1. The molecule has 20 heavy (non-hydrogen) atoms. The van der Waals surface area contributed by atoms with Gasteiger partial charge in [0.25, 0.3) is 0 Å². The highest BCUT2D eigenvalue weighted by Crippen LogP contribution is 2.27. The number of nitrogens with one attached hydrogen (secondary N) is 1. The number of ether oxygens (including phenoxy) is 2. The van der Waals surface area contributed by atoms with Crippen molar-refractivity contribution >= 4 is 6.21 Å². The Kier molecular flexibility index (Phi) is 6.83. The van der Waals surface area contributed by atoms with Crippen LogP contribution in [0.2, 0.25) is 0 Å². The number of benzene rings is 1. The first kappa shape index (κ1) is 16.3. The minimum atomic E-state index is -0.596. The lowest BCUT2D eigenvalue weighted by Gasteiger charge is -2.16. The number of rotatable bonds is 8. The van der Waals surface area contributed by atoms with Crippen LogP contribution in [0.25, 0.3) is 0 Å². The maximum Gasteiger partial charge on any atom is 0.161 e. The summed E-state index contributed by atoms with van der Waals surface area (Å²) in [7, 11) is 1.53. The first-order valence-electron chi connectivity index (χ1n) is 6.46. The monoisotopic (exact) mass is 282 g/mol. The van der Waals surface area contributed by atoms with Crippen LogP contribution in [-0.4, -0.2) is 48.9 Å². The summed E-state index contributed by atoms with van der Waals surface area (Å²) in [5.41, 5.74) is 0.693. The van der Waals surface area contributed by atoms with Crippen LogP contribution in [0.15, 0.2) is 23.4 Å². The van der Waals surface area contributed by atoms with Gasteiger partial charge in [-0.15, -0.1) is 0 Å². The topological polar surface area (TPSA) is 83.3 Å². The summed E-state index contributed by atoms with van der Waals surface area (Å²) in [6, 6.07) is 5.44. The smallest absolute Gasteiger partial charge is 0.161 e. The van der Waals surface area contributed by atoms with Crippen LogP contribution in [-0.2, 0) is 0 Å². The number of aliphatic hydroxyl groups is 1. The average molecular weight is 282 g/mol. The molecule has 1 aromatic carbocycles. The predicted molar refractivity (Wildman–Crippen MR) is 77.0 cm³/mol. The van der Waals surface area contributed by atoms with Gasteiger partial charge in [-0.1, -0.05) is 19.0 Å². The lowest BCUT2D eigenvalue weighted by Crippen LogP contribution is -2.35. The van der Waals surface area contributed by atoms with Crippen molar-refractivity contribution in [3.8, 4) is 11.5 Å². The van der Waals surface area contributed by atoms with Gasteiger partial charge in [0, 0.05) is 18.2 Å². The normalized spacial score (nSPS) is 12.8. The first-order valence-corrected chi connectivity index (χ1v) is 6.46. The Labute approximate surface area is 119 Å². The summed E-state index contributed by atoms with van der Waals surface area (Å²) >= 11 is 0. The molecule has 0 amide bonds. The zero-order valence-corrected chi connectivity index (χ0v) is 12.0. The third kappa shape index (κ3) is 5.46. The lowest BCUT2D eigenvalue weighted by molar-refractivity contribution is 0.103. The largest absolute Gasteiger partial charge is 0.493 e. The minimum absolute atomic E-state index is 0.170. The molecule has 0 aliphatic heterocycles. The fourth-order valence-electron chi connectivity index (χ4n) is 1.57. The second-order valence-electron chi connectivity index (χ2n) is 4.68. The van der Waals surface area contributed by atoms with Crippen LogP contribution in [0.5, 0.6) is 11.5 Å². The molecule has 3 N–H and O–H groups in total. The van der Waals surface area contributed by atoms with E-state index in [0.29, 0.717) is 29.6 Å². The van der Waals surface area contributed by atoms with Gasteiger partial charge in [0.15, 0.2) is 11.5 Å². The highest BCUT2D eigenvalue weighted by Gasteiger charge is 2.09. The van der Waals surface area contributed by atoms with Crippen molar-refractivity contribution < 1.29 is 19.8 Å². The van der Waals surface area contributed by atoms with E-state index in [1.165, 1.54) is 13.3 Å². The molecule has 0 aliphatic carbocycles. The molecule has 1 aromatic rings. The quantitative estimate of drug-likeness (QED) is 0.379. The van der Waals surface area contributed by atoms with E-state index in [4.69, 9.17) is 14.7 Å². The second kappa shape index (κ2) is 8.39. The van der Waals surface area contributed by atoms with Crippen molar-refractivity contribution in [2.24, 2.45) is 5.16 Å². The maximum absolute atomic E-state index is 9.78. The van der Waals surface area contributed by atoms with Gasteiger partial charge in [0.1, 0.15) is 12.7 Å². The molecule has 1 rings (SSSR count). The Bertz CT molecular complexity index is 435. The van der Waals surface area contributed by atoms with E-state index < -0.39 is 6.10 Å². The number of oxime groups is 1. The molecule has 6 heteroatoms. The minimum Gasteiger partial charge on any atom is -0.493 e. The van der Waals surface area contributed by atoms with E-state index in [1.54, 1.807) is 18.2 Å². The van der Waals surface area contributed by atoms with Crippen molar-refractivity contribution in [3.63, 3.8) is 0 Å². The molecule has 0 saturated heterocycles. The molecule has 0 radical (unpaired) electrons. The van der Waals surface area contributed by atoms with Gasteiger partial charge in [-0.2, -0.15) is 0 Å². The SMILES string of the molecule is COc1cc(/C=N\O)ccc1OCC(O)CNC(C)C. The van der Waals surface area contributed by atoms with Crippen LogP contribution >= 0.6 is 0 Å². The first-order chi connectivity index (χ1) is 9.56. The molecule has 0 saturated carbocycles. The molecule has 0 aliphatic rings. The van der Waals surface area contributed by atoms with Gasteiger partial charge in [-0.25, -0.2) is 0 Å². The summed E-state index contributed by atoms with van der Waals surface area (Å²) in [6.07, 6.45) is 0.703. The number of hydrogen-bond donors (Lipinski definition) is 3. The highest BCUT2D eigenvalue weighted by molar-refractivity contribution is 5.80. The summed E-state index contributed by atoms with van der Waals surface area (Å²) in [5, 5.41) is 24.4. The van der Waals surface area contributed by atoms with Crippen LogP contribution in [0.1, 0.15) is 19.4 Å². The Morgan fingerprint density at radius 1 is 1.35 bits per heavy atom. The molecule has 1 unspecified atom stereocenters. The van der Waals surface area contributed by atoms with Gasteiger partial charge in [-0.05, 0) is 18.2 Å². The molecule has 0 bridgehead atoms. The standard InChI is InChI=1S/C14H22N2O4/c1-10(2)15-8-12(17)9-20-13-5-4-11(7-16-18)6-14(13)19-3/h4-7,10,12,15,17-18H,8-9H2,1-3H3/b16-7-. The molecule has 6 nitrogen and oxygen atoms in total. The third-order valence-electron chi connectivity index (χ3n) is 2.59. The number of methoxy groups -OCH3 is 1. The molecular formula is C14H22N2O4. The fraction of sp³-hybridized carbons (Fsp3) is 0.500. The summed E-state index contributed by atoms with van der Waals surface area (Å²) < 4.78 is 10.7. The van der Waals surface area contributed by atoms with Gasteiger partial charge in [0.2, 0.25) is 0 Å². The number of aliphatic hydroxyl groups excluding tert-OH is 1. The fourth-order valence-corrected chi connectivity index (χ4v) is 1.57. The Balaban J connectivity index is 2.58. The third-order valence-corrected chi connectivity index (χ3v) is 2.59. The van der Waals surface area contributed by atoms with E-state index in [2.05, 4.69) is 10.5 Å². The van der Waals surface area contributed by atoms with Crippen molar-refractivity contribution in [2.75, 3.05) is 20.3 Å². The Morgan fingerprint density at radius 2 is 2.10 bits per heavy atom. The van der Waals surface area contributed by atoms with Crippen molar-refractivity contribution in [1.82, 2.24) is 5.32 Å². The summed E-state index contributed by atoms with van der Waals surface area (Å²) in [5.74, 6) is 1.05. The van der Waals surface area contributed by atoms with Gasteiger partial charge < -0.3 is 25.1 Å². The average Bonchev–Trinajstić information content (AvgIpc) is 2.43. The van der Waals surface area contributed by atoms with E-state index in [0.717, 1.165) is 0 Å². The van der Waals surface area contributed by atoms with Crippen LogP contribution in [0.3, 0.4) is 0 Å². The van der Waals surface area contributed by atoms with E-state index in [9.17, 15) is 5.11 Å². The van der Waals surface area contributed by atoms with Crippen LogP contribution in [0.4, 0.5) is 0 Å². The van der Waals surface area contributed by atoms with Gasteiger partial charge in [0.05, 0.1) is 13.3 Å². The molecule has 0 heterocycles. The Hall–Kier alpha value is -1.79. The molecule has 1 atom stereocenters. The van der Waals surface area contributed by atoms with Gasteiger partial charge >= 0.3 is 0 Å². The molecule has 0 spiro atoms. The summed E-state index contributed by atoms with van der Waals surface area (Å²) in [6.45, 7) is 4.66. The van der Waals surface area contributed by atoms with Gasteiger partial charge in [-0.3, -0.25) is 0 Å². The van der Waals surface area contributed by atoms with E-state index in [-0.39, 0.29) is 6.61 Å². The van der Waals surface area contributed by atoms with Crippen molar-refractivity contribution in [2.45, 2.75) is 26.0 Å². The van der Waals surface area contributed by atoms with Crippen molar-refractivity contribution in [3.05, 3.63) is 23.8 Å². The second-order valence-corrected chi connectivity index (χ2v) is 4.68.